The van der Waals surface area contributed by atoms with Crippen LogP contribution in [0.2, 0.25) is 5.02 Å². The van der Waals surface area contributed by atoms with Crippen LogP contribution >= 0.6 is 35.6 Å². The molecule has 0 fully saturated rings. The van der Waals surface area contributed by atoms with E-state index in [0.717, 1.165) is 29.2 Å². The zero-order valence-corrected chi connectivity index (χ0v) is 10.3. The summed E-state index contributed by atoms with van der Waals surface area (Å²) in [5.74, 6) is 0.687. The molecule has 1 nitrogen and oxygen atoms in total. The highest BCUT2D eigenvalue weighted by atomic mass is 35.5. The van der Waals surface area contributed by atoms with Gasteiger partial charge in [-0.3, -0.25) is 0 Å². The molecular formula is C10H14Cl3N. The fourth-order valence-corrected chi connectivity index (χ4v) is 1.32. The molecule has 0 spiro atoms. The summed E-state index contributed by atoms with van der Waals surface area (Å²) >= 11 is 11.5. The predicted molar refractivity (Wildman–Crippen MR) is 67.3 cm³/mol. The number of rotatable bonds is 4. The number of anilines is 1. The molecule has 0 radical (unpaired) electrons. The van der Waals surface area contributed by atoms with Gasteiger partial charge in [-0.05, 0) is 31.0 Å². The van der Waals surface area contributed by atoms with E-state index < -0.39 is 0 Å². The van der Waals surface area contributed by atoms with Crippen molar-refractivity contribution in [2.75, 3.05) is 17.7 Å². The summed E-state index contributed by atoms with van der Waals surface area (Å²) in [6, 6.07) is 5.96. The Kier molecular flexibility index (Phi) is 7.16. The third-order valence-electron chi connectivity index (χ3n) is 1.81. The van der Waals surface area contributed by atoms with Gasteiger partial charge in [-0.15, -0.1) is 24.0 Å². The van der Waals surface area contributed by atoms with Crippen molar-refractivity contribution in [1.82, 2.24) is 0 Å². The Morgan fingerprint density at radius 1 is 1.36 bits per heavy atom. The first kappa shape index (κ1) is 13.9. The van der Waals surface area contributed by atoms with E-state index in [2.05, 4.69) is 5.32 Å². The van der Waals surface area contributed by atoms with E-state index in [0.29, 0.717) is 5.88 Å². The molecular weight excluding hydrogens is 240 g/mol. The first-order chi connectivity index (χ1) is 6.24. The van der Waals surface area contributed by atoms with Gasteiger partial charge >= 0.3 is 0 Å². The van der Waals surface area contributed by atoms with Crippen molar-refractivity contribution in [2.24, 2.45) is 0 Å². The number of nitrogens with one attached hydrogen (secondary N) is 1. The van der Waals surface area contributed by atoms with Crippen LogP contribution in [0.3, 0.4) is 0 Å². The molecule has 0 aliphatic heterocycles. The lowest BCUT2D eigenvalue weighted by Gasteiger charge is -2.06. The molecule has 0 saturated heterocycles. The molecule has 0 bridgehead atoms. The van der Waals surface area contributed by atoms with E-state index in [1.807, 2.05) is 25.1 Å². The molecule has 1 aromatic rings. The molecule has 0 aliphatic carbocycles. The second kappa shape index (κ2) is 7.22. The number of alkyl halides is 1. The second-order valence-electron chi connectivity index (χ2n) is 2.93. The van der Waals surface area contributed by atoms with Gasteiger partial charge in [0.25, 0.3) is 0 Å². The number of hydrogen-bond donors (Lipinski definition) is 1. The van der Waals surface area contributed by atoms with Crippen LogP contribution in [-0.2, 0) is 0 Å². The summed E-state index contributed by atoms with van der Waals surface area (Å²) in [6.07, 6.45) is 0.965. The highest BCUT2D eigenvalue weighted by Crippen LogP contribution is 2.19. The summed E-state index contributed by atoms with van der Waals surface area (Å²) in [5, 5.41) is 4.05. The van der Waals surface area contributed by atoms with Gasteiger partial charge in [-0.2, -0.15) is 0 Å². The van der Waals surface area contributed by atoms with Crippen LogP contribution in [0.1, 0.15) is 12.0 Å². The van der Waals surface area contributed by atoms with Gasteiger partial charge in [0, 0.05) is 23.1 Å². The molecule has 14 heavy (non-hydrogen) atoms. The Labute approximate surface area is 101 Å². The zero-order chi connectivity index (χ0) is 9.68. The summed E-state index contributed by atoms with van der Waals surface area (Å²) < 4.78 is 0. The fourth-order valence-electron chi connectivity index (χ4n) is 1.00. The molecule has 0 amide bonds. The summed E-state index contributed by atoms with van der Waals surface area (Å²) in [6.45, 7) is 2.88. The number of halogens is 3. The van der Waals surface area contributed by atoms with Gasteiger partial charge in [0.1, 0.15) is 0 Å². The van der Waals surface area contributed by atoms with Crippen molar-refractivity contribution in [3.63, 3.8) is 0 Å². The quantitative estimate of drug-likeness (QED) is 0.630. The Bertz CT molecular complexity index is 276. The monoisotopic (exact) mass is 253 g/mol. The number of benzene rings is 1. The molecule has 0 aliphatic rings. The highest BCUT2D eigenvalue weighted by Gasteiger charge is 1.96. The topological polar surface area (TPSA) is 12.0 Å². The fraction of sp³-hybridized carbons (Fsp3) is 0.400. The van der Waals surface area contributed by atoms with Crippen LogP contribution < -0.4 is 5.32 Å². The van der Waals surface area contributed by atoms with E-state index in [1.54, 1.807) is 0 Å². The Hall–Kier alpha value is -0.110. The van der Waals surface area contributed by atoms with Crippen LogP contribution in [0.4, 0.5) is 5.69 Å². The van der Waals surface area contributed by atoms with E-state index in [4.69, 9.17) is 23.2 Å². The van der Waals surface area contributed by atoms with Crippen molar-refractivity contribution in [2.45, 2.75) is 13.3 Å². The van der Waals surface area contributed by atoms with Crippen LogP contribution in [-0.4, -0.2) is 12.4 Å². The molecule has 0 aromatic heterocycles. The van der Waals surface area contributed by atoms with Crippen LogP contribution in [0.25, 0.3) is 0 Å². The first-order valence-electron chi connectivity index (χ1n) is 4.30. The van der Waals surface area contributed by atoms with Gasteiger partial charge in [0.15, 0.2) is 0 Å². The molecule has 4 heteroatoms. The van der Waals surface area contributed by atoms with Crippen molar-refractivity contribution in [3.8, 4) is 0 Å². The zero-order valence-electron chi connectivity index (χ0n) is 8.02. The minimum absolute atomic E-state index is 0. The molecule has 1 aromatic carbocycles. The minimum Gasteiger partial charge on any atom is -0.385 e. The first-order valence-corrected chi connectivity index (χ1v) is 5.21. The largest absolute Gasteiger partial charge is 0.385 e. The van der Waals surface area contributed by atoms with Gasteiger partial charge in [0.05, 0.1) is 0 Å². The summed E-state index contributed by atoms with van der Waals surface area (Å²) in [4.78, 5) is 0. The SMILES string of the molecule is Cc1ccc(NCCCCl)cc1Cl.Cl. The third kappa shape index (κ3) is 4.41. The maximum absolute atomic E-state index is 5.96. The molecule has 0 saturated carbocycles. The Morgan fingerprint density at radius 3 is 2.64 bits per heavy atom. The maximum Gasteiger partial charge on any atom is 0.0455 e. The summed E-state index contributed by atoms with van der Waals surface area (Å²) in [7, 11) is 0. The van der Waals surface area contributed by atoms with E-state index >= 15 is 0 Å². The molecule has 0 unspecified atom stereocenters. The summed E-state index contributed by atoms with van der Waals surface area (Å²) in [5.41, 5.74) is 2.16. The average Bonchev–Trinajstić information content (AvgIpc) is 2.12. The minimum atomic E-state index is 0. The molecule has 80 valence electrons. The Morgan fingerprint density at radius 2 is 2.07 bits per heavy atom. The van der Waals surface area contributed by atoms with Crippen molar-refractivity contribution in [3.05, 3.63) is 28.8 Å². The average molecular weight is 255 g/mol. The maximum atomic E-state index is 5.96. The standard InChI is InChI=1S/C10H13Cl2N.ClH/c1-8-3-4-9(7-10(8)12)13-6-2-5-11;/h3-4,7,13H,2,5-6H2,1H3;1H. The van der Waals surface area contributed by atoms with Crippen LogP contribution in [0, 0.1) is 6.92 Å². The van der Waals surface area contributed by atoms with Gasteiger partial charge in [0.2, 0.25) is 0 Å². The highest BCUT2D eigenvalue weighted by molar-refractivity contribution is 6.31. The van der Waals surface area contributed by atoms with E-state index in [9.17, 15) is 0 Å². The van der Waals surface area contributed by atoms with Crippen LogP contribution in [0.15, 0.2) is 18.2 Å². The van der Waals surface area contributed by atoms with Gasteiger partial charge in [-0.25, -0.2) is 0 Å². The van der Waals surface area contributed by atoms with E-state index in [1.165, 1.54) is 0 Å². The van der Waals surface area contributed by atoms with Crippen molar-refractivity contribution < 1.29 is 0 Å². The van der Waals surface area contributed by atoms with Crippen molar-refractivity contribution in [1.29, 1.82) is 0 Å². The van der Waals surface area contributed by atoms with Crippen LogP contribution in [0.5, 0.6) is 0 Å². The Balaban J connectivity index is 0.00000169. The van der Waals surface area contributed by atoms with Crippen molar-refractivity contribution >= 4 is 41.3 Å². The normalized spacial score (nSPS) is 9.36. The molecule has 0 heterocycles. The lowest BCUT2D eigenvalue weighted by atomic mass is 10.2. The third-order valence-corrected chi connectivity index (χ3v) is 2.49. The molecule has 0 atom stereocenters. The second-order valence-corrected chi connectivity index (χ2v) is 3.72. The number of aryl methyl sites for hydroxylation is 1. The lowest BCUT2D eigenvalue weighted by molar-refractivity contribution is 0.987. The molecule has 1 rings (SSSR count). The molecule has 1 N–H and O–H groups in total. The van der Waals surface area contributed by atoms with E-state index in [-0.39, 0.29) is 12.4 Å². The van der Waals surface area contributed by atoms with Gasteiger partial charge in [-0.1, -0.05) is 17.7 Å². The predicted octanol–water partition coefficient (Wildman–Crippen LogP) is 4.11. The lowest BCUT2D eigenvalue weighted by Crippen LogP contribution is -2.01. The number of hydrogen-bond acceptors (Lipinski definition) is 1. The smallest absolute Gasteiger partial charge is 0.0455 e. The van der Waals surface area contributed by atoms with Gasteiger partial charge < -0.3 is 5.32 Å².